The number of carbonyl (C=O) groups is 2. The number of ketones is 1. The molecule has 0 fully saturated rings. The highest BCUT2D eigenvalue weighted by Gasteiger charge is 2.30. The van der Waals surface area contributed by atoms with Gasteiger partial charge >= 0.3 is 0 Å². The summed E-state index contributed by atoms with van der Waals surface area (Å²) in [6, 6.07) is 2.79. The molecule has 1 aromatic rings. The van der Waals surface area contributed by atoms with E-state index < -0.39 is 17.5 Å². The topological polar surface area (TPSA) is 49.4 Å². The lowest BCUT2D eigenvalue weighted by Gasteiger charge is -2.28. The fourth-order valence-corrected chi connectivity index (χ4v) is 2.19. The molecule has 18 heavy (non-hydrogen) atoms. The van der Waals surface area contributed by atoms with Gasteiger partial charge in [0.25, 0.3) is 11.7 Å². The molecular formula is C13H15FN2O2. The van der Waals surface area contributed by atoms with Gasteiger partial charge in [-0.1, -0.05) is 0 Å². The zero-order valence-electron chi connectivity index (χ0n) is 10.6. The van der Waals surface area contributed by atoms with E-state index in [0.29, 0.717) is 17.9 Å². The Morgan fingerprint density at radius 1 is 1.33 bits per heavy atom. The molecule has 0 aromatic heterocycles. The largest absolute Gasteiger partial charge is 0.367 e. The summed E-state index contributed by atoms with van der Waals surface area (Å²) in [4.78, 5) is 24.5. The molecule has 1 N–H and O–H groups in total. The summed E-state index contributed by atoms with van der Waals surface area (Å²) >= 11 is 0. The smallest absolute Gasteiger partial charge is 0.296 e. The number of benzene rings is 1. The number of hydrogen-bond donors (Lipinski definition) is 1. The second-order valence-corrected chi connectivity index (χ2v) is 4.51. The average molecular weight is 250 g/mol. The minimum absolute atomic E-state index is 0.112. The molecule has 96 valence electrons. The number of anilines is 2. The van der Waals surface area contributed by atoms with Gasteiger partial charge in [-0.05, 0) is 32.9 Å². The van der Waals surface area contributed by atoms with E-state index in [-0.39, 0.29) is 11.6 Å². The van der Waals surface area contributed by atoms with Crippen molar-refractivity contribution in [3.8, 4) is 0 Å². The Hall–Kier alpha value is -1.91. The van der Waals surface area contributed by atoms with Crippen molar-refractivity contribution in [2.24, 2.45) is 0 Å². The Morgan fingerprint density at radius 2 is 2.00 bits per heavy atom. The second-order valence-electron chi connectivity index (χ2n) is 4.51. The SMILES string of the molecule is CCN(c1cc2c(cc1F)C(=O)C(=O)N2)C(C)C. The van der Waals surface area contributed by atoms with Gasteiger partial charge in [-0.25, -0.2) is 4.39 Å². The zero-order chi connectivity index (χ0) is 13.4. The van der Waals surface area contributed by atoms with Gasteiger partial charge in [-0.3, -0.25) is 9.59 Å². The van der Waals surface area contributed by atoms with Crippen LogP contribution >= 0.6 is 0 Å². The van der Waals surface area contributed by atoms with Crippen LogP contribution in [0.1, 0.15) is 31.1 Å². The molecule has 0 aliphatic carbocycles. The van der Waals surface area contributed by atoms with E-state index in [1.165, 1.54) is 6.07 Å². The lowest BCUT2D eigenvalue weighted by Crippen LogP contribution is -2.31. The molecule has 0 spiro atoms. The summed E-state index contributed by atoms with van der Waals surface area (Å²) in [7, 11) is 0. The third-order valence-electron chi connectivity index (χ3n) is 3.06. The molecule has 2 rings (SSSR count). The predicted molar refractivity (Wildman–Crippen MR) is 67.5 cm³/mol. The van der Waals surface area contributed by atoms with E-state index in [0.717, 1.165) is 6.07 Å². The fourth-order valence-electron chi connectivity index (χ4n) is 2.19. The number of rotatable bonds is 3. The number of amides is 1. The van der Waals surface area contributed by atoms with Crippen LogP contribution in [0.4, 0.5) is 15.8 Å². The molecule has 0 unspecified atom stereocenters. The number of nitrogens with one attached hydrogen (secondary N) is 1. The number of Topliss-reactive ketones (excluding diaryl/α,β-unsaturated/α-hetero) is 1. The van der Waals surface area contributed by atoms with Crippen molar-refractivity contribution in [3.05, 3.63) is 23.5 Å². The monoisotopic (exact) mass is 250 g/mol. The number of hydrogen-bond acceptors (Lipinski definition) is 3. The molecule has 1 heterocycles. The van der Waals surface area contributed by atoms with E-state index in [4.69, 9.17) is 0 Å². The predicted octanol–water partition coefficient (Wildman–Crippen LogP) is 2.20. The summed E-state index contributed by atoms with van der Waals surface area (Å²) in [5.74, 6) is -1.86. The van der Waals surface area contributed by atoms with Crippen LogP contribution in [0.25, 0.3) is 0 Å². The first-order chi connectivity index (χ1) is 8.45. The summed E-state index contributed by atoms with van der Waals surface area (Å²) in [5, 5.41) is 2.45. The maximum absolute atomic E-state index is 14.0. The van der Waals surface area contributed by atoms with Gasteiger partial charge in [0.2, 0.25) is 0 Å². The molecular weight excluding hydrogens is 235 g/mol. The molecule has 4 nitrogen and oxygen atoms in total. The minimum atomic E-state index is -0.700. The lowest BCUT2D eigenvalue weighted by molar-refractivity contribution is -0.112. The fraction of sp³-hybridized carbons (Fsp3) is 0.385. The van der Waals surface area contributed by atoms with E-state index in [1.807, 2.05) is 25.7 Å². The van der Waals surface area contributed by atoms with Crippen LogP contribution in [0.2, 0.25) is 0 Å². The highest BCUT2D eigenvalue weighted by molar-refractivity contribution is 6.51. The van der Waals surface area contributed by atoms with E-state index in [1.54, 1.807) is 0 Å². The van der Waals surface area contributed by atoms with Gasteiger partial charge in [0.05, 0.1) is 16.9 Å². The van der Waals surface area contributed by atoms with Crippen LogP contribution in [-0.2, 0) is 4.79 Å². The Kier molecular flexibility index (Phi) is 3.07. The van der Waals surface area contributed by atoms with E-state index in [2.05, 4.69) is 5.32 Å². The molecule has 0 radical (unpaired) electrons. The number of fused-ring (bicyclic) bond motifs is 1. The third kappa shape index (κ3) is 1.85. The Labute approximate surface area is 105 Å². The maximum Gasteiger partial charge on any atom is 0.296 e. The average Bonchev–Trinajstić information content (AvgIpc) is 2.56. The van der Waals surface area contributed by atoms with Crippen molar-refractivity contribution < 1.29 is 14.0 Å². The first-order valence-corrected chi connectivity index (χ1v) is 5.91. The third-order valence-corrected chi connectivity index (χ3v) is 3.06. The molecule has 1 amide bonds. The molecule has 1 aliphatic heterocycles. The van der Waals surface area contributed by atoms with E-state index >= 15 is 0 Å². The van der Waals surface area contributed by atoms with Crippen molar-refractivity contribution in [2.45, 2.75) is 26.8 Å². The van der Waals surface area contributed by atoms with Gasteiger partial charge in [-0.2, -0.15) is 0 Å². The number of nitrogens with zero attached hydrogens (tertiary/aromatic N) is 1. The molecule has 1 aromatic carbocycles. The van der Waals surface area contributed by atoms with Crippen molar-refractivity contribution in [1.29, 1.82) is 0 Å². The van der Waals surface area contributed by atoms with Crippen LogP contribution in [0.3, 0.4) is 0 Å². The Bertz CT molecular complexity index is 526. The molecule has 0 bridgehead atoms. The van der Waals surface area contributed by atoms with Crippen LogP contribution in [0, 0.1) is 5.82 Å². The summed E-state index contributed by atoms with van der Waals surface area (Å²) < 4.78 is 14.0. The van der Waals surface area contributed by atoms with Crippen LogP contribution in [-0.4, -0.2) is 24.3 Å². The lowest BCUT2D eigenvalue weighted by atomic mass is 10.1. The highest BCUT2D eigenvalue weighted by Crippen LogP contribution is 2.31. The van der Waals surface area contributed by atoms with Crippen molar-refractivity contribution >= 4 is 23.1 Å². The highest BCUT2D eigenvalue weighted by atomic mass is 19.1. The van der Waals surface area contributed by atoms with E-state index in [9.17, 15) is 14.0 Å². The maximum atomic E-state index is 14.0. The number of halogens is 1. The Morgan fingerprint density at radius 3 is 2.56 bits per heavy atom. The van der Waals surface area contributed by atoms with Gasteiger partial charge in [0.1, 0.15) is 5.82 Å². The van der Waals surface area contributed by atoms with Crippen molar-refractivity contribution in [1.82, 2.24) is 0 Å². The molecule has 0 saturated carbocycles. The van der Waals surface area contributed by atoms with Crippen LogP contribution < -0.4 is 10.2 Å². The molecule has 0 saturated heterocycles. The standard InChI is InChI=1S/C13H15FN2O2/c1-4-16(7(2)3)11-6-10-8(5-9(11)14)12(17)13(18)15-10/h5-7H,4H2,1-3H3,(H,15,17,18). The number of carbonyl (C=O) groups excluding carboxylic acids is 2. The van der Waals surface area contributed by atoms with Gasteiger partial charge in [-0.15, -0.1) is 0 Å². The first-order valence-electron chi connectivity index (χ1n) is 5.91. The van der Waals surface area contributed by atoms with Crippen LogP contribution in [0.5, 0.6) is 0 Å². The molecule has 0 atom stereocenters. The second kappa shape index (κ2) is 4.40. The summed E-state index contributed by atoms with van der Waals surface area (Å²) in [6.45, 7) is 6.49. The van der Waals surface area contributed by atoms with Gasteiger partial charge in [0.15, 0.2) is 0 Å². The van der Waals surface area contributed by atoms with Crippen molar-refractivity contribution in [3.63, 3.8) is 0 Å². The minimum Gasteiger partial charge on any atom is -0.367 e. The summed E-state index contributed by atoms with van der Waals surface area (Å²) in [5.41, 5.74) is 0.905. The van der Waals surface area contributed by atoms with Gasteiger partial charge < -0.3 is 10.2 Å². The quantitative estimate of drug-likeness (QED) is 0.837. The molecule has 1 aliphatic rings. The Balaban J connectivity index is 2.50. The van der Waals surface area contributed by atoms with Crippen LogP contribution in [0.15, 0.2) is 12.1 Å². The van der Waals surface area contributed by atoms with Crippen molar-refractivity contribution in [2.75, 3.05) is 16.8 Å². The molecule has 5 heteroatoms. The zero-order valence-corrected chi connectivity index (χ0v) is 10.6. The first kappa shape index (κ1) is 12.5. The summed E-state index contributed by atoms with van der Waals surface area (Å²) in [6.07, 6.45) is 0. The van der Waals surface area contributed by atoms with Gasteiger partial charge in [0, 0.05) is 12.6 Å². The normalized spacial score (nSPS) is 13.8.